The summed E-state index contributed by atoms with van der Waals surface area (Å²) >= 11 is 0. The van der Waals surface area contributed by atoms with E-state index < -0.39 is 10.5 Å². The summed E-state index contributed by atoms with van der Waals surface area (Å²) < 4.78 is 10.3. The van der Waals surface area contributed by atoms with E-state index in [-0.39, 0.29) is 5.69 Å². The molecule has 122 valence electrons. The van der Waals surface area contributed by atoms with Crippen LogP contribution in [0.5, 0.6) is 5.75 Å². The van der Waals surface area contributed by atoms with E-state index in [9.17, 15) is 14.9 Å². The molecule has 1 heterocycles. The number of rotatable bonds is 5. The Balaban J connectivity index is 1.96. The van der Waals surface area contributed by atoms with Crippen molar-refractivity contribution in [2.45, 2.75) is 6.54 Å². The predicted molar refractivity (Wildman–Crippen MR) is 89.5 cm³/mol. The Bertz CT molecular complexity index is 965. The summed E-state index contributed by atoms with van der Waals surface area (Å²) in [4.78, 5) is 22.1. The molecular formula is C17H14N2O5. The normalized spacial score (nSPS) is 10.5. The van der Waals surface area contributed by atoms with Gasteiger partial charge in [0, 0.05) is 30.1 Å². The lowest BCUT2D eigenvalue weighted by Gasteiger charge is -2.10. The van der Waals surface area contributed by atoms with Crippen molar-refractivity contribution in [3.8, 4) is 5.75 Å². The summed E-state index contributed by atoms with van der Waals surface area (Å²) in [6.07, 6.45) is 0. The van der Waals surface area contributed by atoms with Crippen LogP contribution in [0.25, 0.3) is 11.0 Å². The number of hydrogen-bond acceptors (Lipinski definition) is 6. The van der Waals surface area contributed by atoms with Crippen LogP contribution >= 0.6 is 0 Å². The van der Waals surface area contributed by atoms with Crippen molar-refractivity contribution in [1.82, 2.24) is 0 Å². The fourth-order valence-corrected chi connectivity index (χ4v) is 2.39. The Labute approximate surface area is 136 Å². The third-order valence-electron chi connectivity index (χ3n) is 3.55. The molecule has 7 heteroatoms. The molecule has 0 saturated carbocycles. The van der Waals surface area contributed by atoms with Crippen LogP contribution in [0.4, 0.5) is 11.4 Å². The minimum absolute atomic E-state index is 0.0687. The second-order valence-corrected chi connectivity index (χ2v) is 5.12. The van der Waals surface area contributed by atoms with Crippen molar-refractivity contribution in [1.29, 1.82) is 0 Å². The minimum Gasteiger partial charge on any atom is -0.497 e. The van der Waals surface area contributed by atoms with Crippen LogP contribution in [0.3, 0.4) is 0 Å². The van der Waals surface area contributed by atoms with E-state index >= 15 is 0 Å². The minimum atomic E-state index is -0.524. The first-order chi connectivity index (χ1) is 11.6. The molecule has 0 aliphatic carbocycles. The van der Waals surface area contributed by atoms with E-state index in [0.29, 0.717) is 23.2 Å². The molecular weight excluding hydrogens is 312 g/mol. The van der Waals surface area contributed by atoms with Gasteiger partial charge >= 0.3 is 5.63 Å². The molecule has 0 atom stereocenters. The number of hydrogen-bond donors (Lipinski definition) is 1. The van der Waals surface area contributed by atoms with Crippen molar-refractivity contribution in [3.05, 3.63) is 74.6 Å². The molecule has 0 aliphatic rings. The number of nitrogens with one attached hydrogen (secondary N) is 1. The second-order valence-electron chi connectivity index (χ2n) is 5.12. The maximum atomic E-state index is 11.7. The summed E-state index contributed by atoms with van der Waals surface area (Å²) in [5.41, 5.74) is 1.13. The van der Waals surface area contributed by atoms with Gasteiger partial charge in [-0.2, -0.15) is 0 Å². The average molecular weight is 326 g/mol. The molecule has 0 saturated heterocycles. The van der Waals surface area contributed by atoms with Gasteiger partial charge in [-0.05, 0) is 23.8 Å². The van der Waals surface area contributed by atoms with Crippen LogP contribution in [0.1, 0.15) is 5.56 Å². The monoisotopic (exact) mass is 326 g/mol. The third-order valence-corrected chi connectivity index (χ3v) is 3.55. The van der Waals surface area contributed by atoms with Crippen LogP contribution in [0, 0.1) is 10.1 Å². The molecule has 1 N–H and O–H groups in total. The van der Waals surface area contributed by atoms with Gasteiger partial charge in [-0.25, -0.2) is 4.79 Å². The van der Waals surface area contributed by atoms with Crippen LogP contribution in [0.2, 0.25) is 0 Å². The van der Waals surface area contributed by atoms with Crippen molar-refractivity contribution < 1.29 is 14.1 Å². The Morgan fingerprint density at radius 3 is 2.79 bits per heavy atom. The standard InChI is InChI=1S/C17H14N2O5/c1-23-13-4-2-3-11(7-13)10-18-15-9-17(20)24-16-6-5-12(19(21)22)8-14(15)16/h2-9,18H,10H2,1H3. The van der Waals surface area contributed by atoms with Crippen molar-refractivity contribution in [2.24, 2.45) is 0 Å². The van der Waals surface area contributed by atoms with Crippen LogP contribution in [0.15, 0.2) is 57.7 Å². The summed E-state index contributed by atoms with van der Waals surface area (Å²) in [6.45, 7) is 0.429. The summed E-state index contributed by atoms with van der Waals surface area (Å²) in [5.74, 6) is 0.724. The maximum Gasteiger partial charge on any atom is 0.338 e. The summed E-state index contributed by atoms with van der Waals surface area (Å²) in [7, 11) is 1.58. The first-order valence-corrected chi connectivity index (χ1v) is 7.16. The SMILES string of the molecule is COc1cccc(CNc2cc(=O)oc3ccc([N+](=O)[O-])cc23)c1. The highest BCUT2D eigenvalue weighted by atomic mass is 16.6. The van der Waals surface area contributed by atoms with Gasteiger partial charge in [0.2, 0.25) is 0 Å². The predicted octanol–water partition coefficient (Wildman–Crippen LogP) is 3.32. The van der Waals surface area contributed by atoms with E-state index in [1.54, 1.807) is 7.11 Å². The molecule has 1 aromatic heterocycles. The van der Waals surface area contributed by atoms with Crippen molar-refractivity contribution in [2.75, 3.05) is 12.4 Å². The van der Waals surface area contributed by atoms with Gasteiger partial charge in [-0.1, -0.05) is 12.1 Å². The first-order valence-electron chi connectivity index (χ1n) is 7.16. The summed E-state index contributed by atoms with van der Waals surface area (Å²) in [5, 5.41) is 14.6. The lowest BCUT2D eigenvalue weighted by Crippen LogP contribution is -2.05. The van der Waals surface area contributed by atoms with Crippen LogP contribution in [-0.2, 0) is 6.54 Å². The van der Waals surface area contributed by atoms with Gasteiger partial charge in [0.25, 0.3) is 5.69 Å². The van der Waals surface area contributed by atoms with E-state index in [1.165, 1.54) is 24.3 Å². The Kier molecular flexibility index (Phi) is 4.15. The van der Waals surface area contributed by atoms with Gasteiger partial charge in [0.15, 0.2) is 0 Å². The second kappa shape index (κ2) is 6.41. The smallest absolute Gasteiger partial charge is 0.338 e. The zero-order valence-electron chi connectivity index (χ0n) is 12.8. The Morgan fingerprint density at radius 1 is 1.21 bits per heavy atom. The van der Waals surface area contributed by atoms with Crippen molar-refractivity contribution >= 4 is 22.3 Å². The van der Waals surface area contributed by atoms with Gasteiger partial charge in [0.1, 0.15) is 11.3 Å². The summed E-state index contributed by atoms with van der Waals surface area (Å²) in [6, 6.07) is 12.9. The number of nitro groups is 1. The molecule has 0 radical (unpaired) electrons. The number of nitro benzene ring substituents is 1. The molecule has 24 heavy (non-hydrogen) atoms. The molecule has 2 aromatic carbocycles. The molecule has 0 spiro atoms. The first kappa shape index (κ1) is 15.5. The maximum absolute atomic E-state index is 11.7. The fourth-order valence-electron chi connectivity index (χ4n) is 2.39. The molecule has 0 fully saturated rings. The van der Waals surface area contributed by atoms with E-state index in [1.807, 2.05) is 24.3 Å². The van der Waals surface area contributed by atoms with Gasteiger partial charge in [0.05, 0.1) is 17.7 Å². The molecule has 0 amide bonds. The molecule has 0 unspecified atom stereocenters. The van der Waals surface area contributed by atoms with Crippen LogP contribution < -0.4 is 15.7 Å². The number of nitrogens with zero attached hydrogens (tertiary/aromatic N) is 1. The largest absolute Gasteiger partial charge is 0.497 e. The lowest BCUT2D eigenvalue weighted by molar-refractivity contribution is -0.384. The van der Waals surface area contributed by atoms with Crippen molar-refractivity contribution in [3.63, 3.8) is 0 Å². The quantitative estimate of drug-likeness (QED) is 0.439. The topological polar surface area (TPSA) is 94.6 Å². The number of fused-ring (bicyclic) bond motifs is 1. The molecule has 3 rings (SSSR count). The molecule has 0 bridgehead atoms. The third kappa shape index (κ3) is 3.19. The van der Waals surface area contributed by atoms with E-state index in [0.717, 1.165) is 11.3 Å². The molecule has 0 aliphatic heterocycles. The number of methoxy groups -OCH3 is 1. The number of anilines is 1. The molecule has 7 nitrogen and oxygen atoms in total. The van der Waals surface area contributed by atoms with E-state index in [4.69, 9.17) is 9.15 Å². The fraction of sp³-hybridized carbons (Fsp3) is 0.118. The lowest BCUT2D eigenvalue weighted by atomic mass is 10.1. The number of non-ortho nitro benzene ring substituents is 1. The highest BCUT2D eigenvalue weighted by Crippen LogP contribution is 2.26. The highest BCUT2D eigenvalue weighted by Gasteiger charge is 2.11. The van der Waals surface area contributed by atoms with Gasteiger partial charge in [-0.3, -0.25) is 10.1 Å². The van der Waals surface area contributed by atoms with Gasteiger partial charge < -0.3 is 14.5 Å². The van der Waals surface area contributed by atoms with E-state index in [2.05, 4.69) is 5.32 Å². The zero-order valence-corrected chi connectivity index (χ0v) is 12.8. The van der Waals surface area contributed by atoms with Gasteiger partial charge in [-0.15, -0.1) is 0 Å². The zero-order chi connectivity index (χ0) is 17.1. The van der Waals surface area contributed by atoms with Crippen LogP contribution in [-0.4, -0.2) is 12.0 Å². The number of benzene rings is 2. The average Bonchev–Trinajstić information content (AvgIpc) is 2.59. The number of ether oxygens (including phenoxy) is 1. The Hall–Kier alpha value is -3.35. The Morgan fingerprint density at radius 2 is 2.04 bits per heavy atom. The molecule has 3 aromatic rings. The highest BCUT2D eigenvalue weighted by molar-refractivity contribution is 5.91.